The summed E-state index contributed by atoms with van der Waals surface area (Å²) in [6, 6.07) is 0. The van der Waals surface area contributed by atoms with Gasteiger partial charge in [0, 0.05) is 12.8 Å². The van der Waals surface area contributed by atoms with Crippen molar-refractivity contribution in [1.82, 2.24) is 0 Å². The Labute approximate surface area is 120 Å². The van der Waals surface area contributed by atoms with Crippen molar-refractivity contribution in [2.45, 2.75) is 57.0 Å². The van der Waals surface area contributed by atoms with Crippen molar-refractivity contribution >= 4 is 5.78 Å². The van der Waals surface area contributed by atoms with Gasteiger partial charge in [-0.2, -0.15) is 0 Å². The Hall–Kier alpha value is -0.890. The first kappa shape index (κ1) is 12.8. The summed E-state index contributed by atoms with van der Waals surface area (Å²) in [5, 5.41) is 10.7. The summed E-state index contributed by atoms with van der Waals surface area (Å²) >= 11 is 0. The van der Waals surface area contributed by atoms with Crippen LogP contribution in [0.3, 0.4) is 0 Å². The minimum atomic E-state index is -0.589. The zero-order valence-corrected chi connectivity index (χ0v) is 12.1. The smallest absolute Gasteiger partial charge is 0.133 e. The molecule has 0 aromatic rings. The molecule has 4 aliphatic rings. The van der Waals surface area contributed by atoms with E-state index in [1.165, 1.54) is 19.3 Å². The molecule has 0 heterocycles. The maximum Gasteiger partial charge on any atom is 0.133 e. The van der Waals surface area contributed by atoms with Crippen LogP contribution in [0.4, 0.5) is 0 Å². The Morgan fingerprint density at radius 2 is 1.80 bits per heavy atom. The first-order valence-corrected chi connectivity index (χ1v) is 8.18. The molecular formula is C18H24O2. The highest BCUT2D eigenvalue weighted by molar-refractivity contribution is 5.80. The van der Waals surface area contributed by atoms with Crippen LogP contribution >= 0.6 is 0 Å². The Balaban J connectivity index is 1.56. The van der Waals surface area contributed by atoms with Crippen LogP contribution in [0.25, 0.3) is 0 Å². The third kappa shape index (κ3) is 1.70. The van der Waals surface area contributed by atoms with Crippen molar-refractivity contribution in [3.63, 3.8) is 0 Å². The Morgan fingerprint density at radius 1 is 1.10 bits per heavy atom. The van der Waals surface area contributed by atoms with Crippen LogP contribution in [-0.2, 0) is 4.79 Å². The van der Waals surface area contributed by atoms with E-state index < -0.39 is 5.60 Å². The molecule has 4 rings (SSSR count). The largest absolute Gasteiger partial charge is 0.385 e. The van der Waals surface area contributed by atoms with Crippen LogP contribution in [0, 0.1) is 23.7 Å². The summed E-state index contributed by atoms with van der Waals surface area (Å²) in [6.45, 7) is 3.87. The monoisotopic (exact) mass is 272 g/mol. The summed E-state index contributed by atoms with van der Waals surface area (Å²) in [4.78, 5) is 11.4. The number of allylic oxidation sites excluding steroid dienone is 2. The van der Waals surface area contributed by atoms with Crippen LogP contribution < -0.4 is 0 Å². The van der Waals surface area contributed by atoms with E-state index in [0.29, 0.717) is 23.5 Å². The highest BCUT2D eigenvalue weighted by atomic mass is 16.3. The molecule has 2 nitrogen and oxygen atoms in total. The summed E-state index contributed by atoms with van der Waals surface area (Å²) < 4.78 is 0. The number of Topliss-reactive ketones (excluding diaryl/α,β-unsaturated/α-hetero) is 1. The zero-order chi connectivity index (χ0) is 13.9. The van der Waals surface area contributed by atoms with Crippen LogP contribution in [0.5, 0.6) is 0 Å². The predicted octanol–water partition coefficient (Wildman–Crippen LogP) is 3.41. The molecule has 4 aliphatic carbocycles. The lowest BCUT2D eigenvalue weighted by molar-refractivity contribution is -0.119. The summed E-state index contributed by atoms with van der Waals surface area (Å²) in [6.07, 6.45) is 9.92. The van der Waals surface area contributed by atoms with E-state index in [4.69, 9.17) is 0 Å². The molecule has 0 aromatic carbocycles. The second-order valence-electron chi connectivity index (χ2n) is 7.48. The van der Waals surface area contributed by atoms with Crippen LogP contribution in [0.15, 0.2) is 23.8 Å². The van der Waals surface area contributed by atoms with Gasteiger partial charge in [0.1, 0.15) is 5.78 Å². The normalized spacial score (nSPS) is 47.0. The Morgan fingerprint density at radius 3 is 2.50 bits per heavy atom. The number of hydrogen-bond acceptors (Lipinski definition) is 2. The fourth-order valence-corrected chi connectivity index (χ4v) is 5.68. The average molecular weight is 272 g/mol. The van der Waals surface area contributed by atoms with Gasteiger partial charge < -0.3 is 5.11 Å². The highest BCUT2D eigenvalue weighted by Gasteiger charge is 2.60. The van der Waals surface area contributed by atoms with Crippen molar-refractivity contribution in [2.24, 2.45) is 23.7 Å². The van der Waals surface area contributed by atoms with Crippen LogP contribution in [-0.4, -0.2) is 16.5 Å². The topological polar surface area (TPSA) is 37.3 Å². The predicted molar refractivity (Wildman–Crippen MR) is 78.1 cm³/mol. The first-order valence-electron chi connectivity index (χ1n) is 8.18. The molecule has 0 aliphatic heterocycles. The van der Waals surface area contributed by atoms with E-state index in [-0.39, 0.29) is 0 Å². The molecule has 2 bridgehead atoms. The summed E-state index contributed by atoms with van der Waals surface area (Å²) in [7, 11) is 0. The molecule has 5 atom stereocenters. The molecule has 108 valence electrons. The van der Waals surface area contributed by atoms with Gasteiger partial charge in [-0.05, 0) is 62.2 Å². The third-order valence-electron chi connectivity index (χ3n) is 6.69. The van der Waals surface area contributed by atoms with Crippen LogP contribution in [0.1, 0.15) is 51.4 Å². The number of hydrogen-bond donors (Lipinski definition) is 1. The Bertz CT molecular complexity index is 492. The average Bonchev–Trinajstić information content (AvgIpc) is 3.09. The molecule has 1 N–H and O–H groups in total. The number of ketones is 1. The lowest BCUT2D eigenvalue weighted by Gasteiger charge is -2.36. The highest BCUT2D eigenvalue weighted by Crippen LogP contribution is 2.64. The fourth-order valence-electron chi connectivity index (χ4n) is 5.68. The van der Waals surface area contributed by atoms with Gasteiger partial charge in [-0.25, -0.2) is 0 Å². The SMILES string of the molecule is C=C[C@]1(O)C[C@@H]2C[C@H]1[C@H]1CC(=C3CCC(=O)CC3)C[C@@H]21. The molecule has 0 radical (unpaired) electrons. The molecule has 2 heteroatoms. The van der Waals surface area contributed by atoms with E-state index in [1.54, 1.807) is 17.2 Å². The van der Waals surface area contributed by atoms with E-state index in [1.807, 2.05) is 0 Å². The minimum absolute atomic E-state index is 0.439. The van der Waals surface area contributed by atoms with Gasteiger partial charge in [0.2, 0.25) is 0 Å². The third-order valence-corrected chi connectivity index (χ3v) is 6.69. The number of aliphatic hydroxyl groups is 1. The molecule has 0 amide bonds. The molecule has 0 unspecified atom stereocenters. The van der Waals surface area contributed by atoms with Gasteiger partial charge in [0.25, 0.3) is 0 Å². The van der Waals surface area contributed by atoms with Crippen molar-refractivity contribution in [3.8, 4) is 0 Å². The van der Waals surface area contributed by atoms with Gasteiger partial charge >= 0.3 is 0 Å². The van der Waals surface area contributed by atoms with Gasteiger partial charge in [0.15, 0.2) is 0 Å². The quantitative estimate of drug-likeness (QED) is 0.743. The summed E-state index contributed by atoms with van der Waals surface area (Å²) in [5.41, 5.74) is 2.64. The molecular weight excluding hydrogens is 248 g/mol. The van der Waals surface area contributed by atoms with Crippen molar-refractivity contribution in [3.05, 3.63) is 23.8 Å². The minimum Gasteiger partial charge on any atom is -0.385 e. The fraction of sp³-hybridized carbons (Fsp3) is 0.722. The number of carbonyl (C=O) groups excluding carboxylic acids is 1. The lowest BCUT2D eigenvalue weighted by Crippen LogP contribution is -2.39. The van der Waals surface area contributed by atoms with E-state index >= 15 is 0 Å². The molecule has 4 saturated carbocycles. The van der Waals surface area contributed by atoms with Crippen molar-refractivity contribution in [2.75, 3.05) is 0 Å². The molecule has 0 saturated heterocycles. The van der Waals surface area contributed by atoms with E-state index in [2.05, 4.69) is 6.58 Å². The number of rotatable bonds is 1. The molecule has 20 heavy (non-hydrogen) atoms. The molecule has 4 fully saturated rings. The second kappa shape index (κ2) is 4.30. The van der Waals surface area contributed by atoms with E-state index in [0.717, 1.165) is 38.0 Å². The van der Waals surface area contributed by atoms with Gasteiger partial charge in [-0.1, -0.05) is 17.2 Å². The first-order chi connectivity index (χ1) is 9.60. The molecule has 0 aromatic heterocycles. The standard InChI is InChI=1S/C18H24O2/c1-2-18(20)10-13-9-17(18)16-8-12(7-15(13)16)11-3-5-14(19)6-4-11/h2,13,15-17,20H,1,3-10H2/t13-,15-,16-,17-,18-/m0/s1. The van der Waals surface area contributed by atoms with Gasteiger partial charge in [-0.15, -0.1) is 6.58 Å². The maximum absolute atomic E-state index is 11.4. The zero-order valence-electron chi connectivity index (χ0n) is 12.1. The van der Waals surface area contributed by atoms with Crippen LogP contribution in [0.2, 0.25) is 0 Å². The second-order valence-corrected chi connectivity index (χ2v) is 7.48. The summed E-state index contributed by atoms with van der Waals surface area (Å²) in [5.74, 6) is 3.07. The number of carbonyl (C=O) groups is 1. The van der Waals surface area contributed by atoms with Crippen molar-refractivity contribution < 1.29 is 9.90 Å². The lowest BCUT2D eigenvalue weighted by atomic mass is 9.73. The van der Waals surface area contributed by atoms with Gasteiger partial charge in [-0.3, -0.25) is 4.79 Å². The van der Waals surface area contributed by atoms with Crippen molar-refractivity contribution in [1.29, 1.82) is 0 Å². The molecule has 0 spiro atoms. The van der Waals surface area contributed by atoms with E-state index in [9.17, 15) is 9.90 Å². The number of fused-ring (bicyclic) bond motifs is 5. The maximum atomic E-state index is 11.4. The van der Waals surface area contributed by atoms with Gasteiger partial charge in [0.05, 0.1) is 5.60 Å². The Kier molecular flexibility index (Phi) is 2.76.